The van der Waals surface area contributed by atoms with E-state index in [0.29, 0.717) is 5.92 Å². The third-order valence-corrected chi connectivity index (χ3v) is 3.94. The van der Waals surface area contributed by atoms with Crippen LogP contribution in [0.3, 0.4) is 0 Å². The van der Waals surface area contributed by atoms with Crippen LogP contribution in [0.25, 0.3) is 0 Å². The van der Waals surface area contributed by atoms with Gasteiger partial charge < -0.3 is 14.5 Å². The summed E-state index contributed by atoms with van der Waals surface area (Å²) in [6, 6.07) is 12.3. The third-order valence-electron chi connectivity index (χ3n) is 3.94. The lowest BCUT2D eigenvalue weighted by Gasteiger charge is -2.04. The Morgan fingerprint density at radius 1 is 1.15 bits per heavy atom. The van der Waals surface area contributed by atoms with Crippen molar-refractivity contribution in [3.8, 4) is 5.75 Å². The molecule has 1 aliphatic carbocycles. The van der Waals surface area contributed by atoms with Crippen LogP contribution in [-0.4, -0.2) is 7.11 Å². The van der Waals surface area contributed by atoms with Gasteiger partial charge in [-0.2, -0.15) is 0 Å². The third kappa shape index (κ3) is 3.05. The lowest BCUT2D eigenvalue weighted by atomic mass is 10.2. The second kappa shape index (κ2) is 5.71. The van der Waals surface area contributed by atoms with Gasteiger partial charge in [-0.15, -0.1) is 0 Å². The minimum atomic E-state index is 0.658. The lowest BCUT2D eigenvalue weighted by molar-refractivity contribution is 0.414. The van der Waals surface area contributed by atoms with Gasteiger partial charge in [0.1, 0.15) is 17.3 Å². The second-order valence-electron chi connectivity index (χ2n) is 5.58. The summed E-state index contributed by atoms with van der Waals surface area (Å²) in [6.45, 7) is 3.88. The molecule has 0 saturated heterocycles. The van der Waals surface area contributed by atoms with Gasteiger partial charge in [-0.05, 0) is 42.2 Å². The predicted octanol–water partition coefficient (Wildman–Crippen LogP) is 3.70. The van der Waals surface area contributed by atoms with Crippen molar-refractivity contribution in [3.05, 3.63) is 53.5 Å². The number of furan rings is 1. The van der Waals surface area contributed by atoms with Crippen molar-refractivity contribution in [1.82, 2.24) is 5.32 Å². The second-order valence-corrected chi connectivity index (χ2v) is 5.58. The van der Waals surface area contributed by atoms with Crippen LogP contribution >= 0.6 is 0 Å². The van der Waals surface area contributed by atoms with E-state index in [1.165, 1.54) is 12.0 Å². The Labute approximate surface area is 119 Å². The smallest absolute Gasteiger partial charge is 0.118 e. The molecule has 0 bridgehead atoms. The molecule has 0 unspecified atom stereocenters. The largest absolute Gasteiger partial charge is 0.497 e. The van der Waals surface area contributed by atoms with Crippen molar-refractivity contribution in [2.75, 3.05) is 7.11 Å². The van der Waals surface area contributed by atoms with Gasteiger partial charge in [0, 0.05) is 12.5 Å². The minimum Gasteiger partial charge on any atom is -0.497 e. The Bertz CT molecular complexity index is 559. The van der Waals surface area contributed by atoms with E-state index in [1.807, 2.05) is 12.1 Å². The number of benzene rings is 1. The first-order chi connectivity index (χ1) is 9.76. The number of methoxy groups -OCH3 is 1. The highest BCUT2D eigenvalue weighted by Gasteiger charge is 2.36. The molecule has 1 N–H and O–H groups in total. The van der Waals surface area contributed by atoms with Crippen LogP contribution in [0.15, 0.2) is 40.8 Å². The van der Waals surface area contributed by atoms with E-state index in [2.05, 4.69) is 36.5 Å². The Morgan fingerprint density at radius 3 is 2.55 bits per heavy atom. The molecule has 1 saturated carbocycles. The van der Waals surface area contributed by atoms with Crippen LogP contribution in [0.2, 0.25) is 0 Å². The van der Waals surface area contributed by atoms with Crippen molar-refractivity contribution in [3.63, 3.8) is 0 Å². The number of hydrogen-bond donors (Lipinski definition) is 1. The number of hydrogen-bond acceptors (Lipinski definition) is 3. The molecule has 3 heteroatoms. The van der Waals surface area contributed by atoms with Gasteiger partial charge in [0.25, 0.3) is 0 Å². The van der Waals surface area contributed by atoms with E-state index in [9.17, 15) is 0 Å². The topological polar surface area (TPSA) is 34.4 Å². The standard InChI is InChI=1S/C17H21NO2/c1-12-9-16(12)17-8-7-15(20-17)11-18-10-13-3-5-14(19-2)6-4-13/h3-8,12,16,18H,9-11H2,1-2H3/t12-,16-/m0/s1. The summed E-state index contributed by atoms with van der Waals surface area (Å²) >= 11 is 0. The van der Waals surface area contributed by atoms with E-state index in [4.69, 9.17) is 9.15 Å². The van der Waals surface area contributed by atoms with E-state index in [0.717, 1.165) is 36.3 Å². The first-order valence-corrected chi connectivity index (χ1v) is 7.18. The van der Waals surface area contributed by atoms with Gasteiger partial charge in [0.05, 0.1) is 13.7 Å². The predicted molar refractivity (Wildman–Crippen MR) is 78.8 cm³/mol. The molecular formula is C17H21NO2. The molecule has 3 rings (SSSR count). The normalized spacial score (nSPS) is 20.9. The van der Waals surface area contributed by atoms with Crippen LogP contribution in [-0.2, 0) is 13.1 Å². The van der Waals surface area contributed by atoms with Crippen LogP contribution in [0, 0.1) is 5.92 Å². The monoisotopic (exact) mass is 271 g/mol. The molecule has 20 heavy (non-hydrogen) atoms. The van der Waals surface area contributed by atoms with E-state index >= 15 is 0 Å². The Kier molecular flexibility index (Phi) is 3.79. The van der Waals surface area contributed by atoms with Crippen LogP contribution in [0.5, 0.6) is 5.75 Å². The molecule has 1 fully saturated rings. The maximum atomic E-state index is 5.87. The highest BCUT2D eigenvalue weighted by molar-refractivity contribution is 5.27. The van der Waals surface area contributed by atoms with Gasteiger partial charge in [0.2, 0.25) is 0 Å². The Hall–Kier alpha value is -1.74. The summed E-state index contributed by atoms with van der Waals surface area (Å²) in [5.74, 6) is 4.51. The fourth-order valence-electron chi connectivity index (χ4n) is 2.48. The first kappa shape index (κ1) is 13.3. The van der Waals surface area contributed by atoms with Gasteiger partial charge in [0.15, 0.2) is 0 Å². The van der Waals surface area contributed by atoms with Crippen molar-refractivity contribution in [1.29, 1.82) is 0 Å². The highest BCUT2D eigenvalue weighted by Crippen LogP contribution is 2.47. The molecule has 1 aromatic heterocycles. The molecular weight excluding hydrogens is 250 g/mol. The zero-order chi connectivity index (χ0) is 13.9. The zero-order valence-corrected chi connectivity index (χ0v) is 12.1. The molecule has 0 aliphatic heterocycles. The minimum absolute atomic E-state index is 0.658. The molecule has 2 atom stereocenters. The van der Waals surface area contributed by atoms with E-state index in [-0.39, 0.29) is 0 Å². The quantitative estimate of drug-likeness (QED) is 0.870. The summed E-state index contributed by atoms with van der Waals surface area (Å²) < 4.78 is 11.0. The molecule has 106 valence electrons. The molecule has 0 spiro atoms. The zero-order valence-electron chi connectivity index (χ0n) is 12.1. The lowest BCUT2D eigenvalue weighted by Crippen LogP contribution is -2.11. The molecule has 2 aromatic rings. The number of rotatable bonds is 6. The number of nitrogens with one attached hydrogen (secondary N) is 1. The highest BCUT2D eigenvalue weighted by atomic mass is 16.5. The molecule has 3 nitrogen and oxygen atoms in total. The Morgan fingerprint density at radius 2 is 1.90 bits per heavy atom. The van der Waals surface area contributed by atoms with Crippen molar-refractivity contribution >= 4 is 0 Å². The van der Waals surface area contributed by atoms with Crippen LogP contribution in [0.1, 0.15) is 36.3 Å². The van der Waals surface area contributed by atoms with Gasteiger partial charge >= 0.3 is 0 Å². The summed E-state index contributed by atoms with van der Waals surface area (Å²) in [5.41, 5.74) is 1.24. The maximum absolute atomic E-state index is 5.87. The number of ether oxygens (including phenoxy) is 1. The summed E-state index contributed by atoms with van der Waals surface area (Å²) in [6.07, 6.45) is 1.27. The van der Waals surface area contributed by atoms with Crippen molar-refractivity contribution in [2.24, 2.45) is 5.92 Å². The van der Waals surface area contributed by atoms with Crippen LogP contribution in [0.4, 0.5) is 0 Å². The summed E-state index contributed by atoms with van der Waals surface area (Å²) in [5, 5.41) is 3.40. The average Bonchev–Trinajstić information content (AvgIpc) is 3.01. The fraction of sp³-hybridized carbons (Fsp3) is 0.412. The molecule has 1 aliphatic rings. The average molecular weight is 271 g/mol. The molecule has 1 heterocycles. The fourth-order valence-corrected chi connectivity index (χ4v) is 2.48. The summed E-state index contributed by atoms with van der Waals surface area (Å²) in [7, 11) is 1.68. The van der Waals surface area contributed by atoms with Crippen molar-refractivity contribution in [2.45, 2.75) is 32.4 Å². The maximum Gasteiger partial charge on any atom is 0.118 e. The first-order valence-electron chi connectivity index (χ1n) is 7.18. The summed E-state index contributed by atoms with van der Waals surface area (Å²) in [4.78, 5) is 0. The molecule has 0 amide bonds. The van der Waals surface area contributed by atoms with Gasteiger partial charge in [-0.3, -0.25) is 0 Å². The van der Waals surface area contributed by atoms with Gasteiger partial charge in [-0.25, -0.2) is 0 Å². The van der Waals surface area contributed by atoms with E-state index in [1.54, 1.807) is 7.11 Å². The molecule has 1 aromatic carbocycles. The van der Waals surface area contributed by atoms with E-state index < -0.39 is 0 Å². The molecule has 0 radical (unpaired) electrons. The van der Waals surface area contributed by atoms with Crippen LogP contribution < -0.4 is 10.1 Å². The van der Waals surface area contributed by atoms with Gasteiger partial charge in [-0.1, -0.05) is 19.1 Å². The Balaban J connectivity index is 1.48. The SMILES string of the molecule is COc1ccc(CNCc2ccc([C@H]3C[C@@H]3C)o2)cc1. The van der Waals surface area contributed by atoms with Crippen molar-refractivity contribution < 1.29 is 9.15 Å².